The molecule has 1 aliphatic rings. The lowest BCUT2D eigenvalue weighted by Crippen LogP contribution is -2.33. The first-order valence-electron chi connectivity index (χ1n) is 9.74. The number of Topliss-reactive ketones (excluding diaryl/α,β-unsaturated/α-hetero) is 1. The smallest absolute Gasteiger partial charge is 0.305 e. The maximum Gasteiger partial charge on any atom is 0.305 e. The van der Waals surface area contributed by atoms with E-state index < -0.39 is 12.0 Å². The number of carboxylic acids is 1. The zero-order chi connectivity index (χ0) is 22.4. The molecule has 8 heteroatoms. The van der Waals surface area contributed by atoms with Gasteiger partial charge in [0, 0.05) is 6.42 Å². The van der Waals surface area contributed by atoms with E-state index in [0.29, 0.717) is 29.4 Å². The van der Waals surface area contributed by atoms with Crippen molar-refractivity contribution in [1.29, 1.82) is 0 Å². The number of hydrogen-bond acceptors (Lipinski definition) is 7. The van der Waals surface area contributed by atoms with Gasteiger partial charge in [0.05, 0.1) is 26.7 Å². The van der Waals surface area contributed by atoms with Crippen molar-refractivity contribution in [3.8, 4) is 23.0 Å². The summed E-state index contributed by atoms with van der Waals surface area (Å²) in [6.45, 7) is 0.162. The van der Waals surface area contributed by atoms with E-state index in [4.69, 9.17) is 29.8 Å². The first kappa shape index (κ1) is 22.2. The van der Waals surface area contributed by atoms with E-state index >= 15 is 0 Å². The topological polar surface area (TPSA) is 117 Å². The van der Waals surface area contributed by atoms with Crippen molar-refractivity contribution >= 4 is 23.9 Å². The van der Waals surface area contributed by atoms with E-state index in [0.717, 1.165) is 16.7 Å². The second kappa shape index (κ2) is 9.99. The zero-order valence-corrected chi connectivity index (χ0v) is 17.4. The van der Waals surface area contributed by atoms with Gasteiger partial charge in [-0.1, -0.05) is 18.2 Å². The third-order valence-electron chi connectivity index (χ3n) is 4.90. The molecular weight excluding hydrogens is 402 g/mol. The van der Waals surface area contributed by atoms with Crippen LogP contribution >= 0.6 is 0 Å². The van der Waals surface area contributed by atoms with Crippen molar-refractivity contribution in [1.82, 2.24) is 0 Å². The van der Waals surface area contributed by atoms with Gasteiger partial charge in [-0.3, -0.25) is 9.59 Å². The van der Waals surface area contributed by atoms with Crippen LogP contribution in [0.1, 0.15) is 29.5 Å². The number of hydrogen-bond donors (Lipinski definition) is 2. The molecule has 2 aromatic carbocycles. The van der Waals surface area contributed by atoms with E-state index in [1.807, 2.05) is 42.5 Å². The van der Waals surface area contributed by atoms with E-state index in [9.17, 15) is 9.59 Å². The molecule has 1 aliphatic heterocycles. The Hall–Kier alpha value is -3.52. The number of ketones is 1. The van der Waals surface area contributed by atoms with Crippen molar-refractivity contribution in [3.05, 3.63) is 47.0 Å². The molecule has 0 bridgehead atoms. The minimum absolute atomic E-state index is 0.136. The minimum atomic E-state index is -1.09. The van der Waals surface area contributed by atoms with Crippen LogP contribution in [-0.2, 0) is 16.0 Å². The summed E-state index contributed by atoms with van der Waals surface area (Å²) in [5.41, 5.74) is 8.29. The van der Waals surface area contributed by atoms with E-state index in [1.165, 1.54) is 0 Å². The van der Waals surface area contributed by atoms with Crippen LogP contribution in [0.15, 0.2) is 30.3 Å². The summed E-state index contributed by atoms with van der Waals surface area (Å²) in [7, 11) is 3.13. The number of methoxy groups -OCH3 is 2. The fourth-order valence-electron chi connectivity index (χ4n) is 3.28. The lowest BCUT2D eigenvalue weighted by Gasteiger charge is -2.11. The molecule has 0 aromatic heterocycles. The summed E-state index contributed by atoms with van der Waals surface area (Å²) in [5.74, 6) is 1.09. The molecule has 0 unspecified atom stereocenters. The number of carbonyl (C=O) groups is 2. The molecular formula is C23H25NO7. The fourth-order valence-corrected chi connectivity index (χ4v) is 3.28. The molecule has 3 N–H and O–H groups in total. The lowest BCUT2D eigenvalue weighted by atomic mass is 9.99. The van der Waals surface area contributed by atoms with Crippen molar-refractivity contribution < 1.29 is 33.6 Å². The van der Waals surface area contributed by atoms with Gasteiger partial charge in [-0.15, -0.1) is 0 Å². The predicted molar refractivity (Wildman–Crippen MR) is 115 cm³/mol. The highest BCUT2D eigenvalue weighted by Gasteiger charge is 2.20. The van der Waals surface area contributed by atoms with Gasteiger partial charge in [-0.25, -0.2) is 0 Å². The summed E-state index contributed by atoms with van der Waals surface area (Å²) >= 11 is 0. The standard InChI is InChI=1S/C23H25NO7/c1-28-19-8-5-14(9-16(19)6-7-18(25)17(24)12-22(26)27)3-4-15-10-20(29-2)23-21(11-15)30-13-31-23/h3-5,8-11,17H,6-7,12-13,24H2,1-2H3,(H,26,27)/b4-3-/t17-/m0/s1. The van der Waals surface area contributed by atoms with Crippen LogP contribution in [0.25, 0.3) is 12.2 Å². The molecule has 8 nitrogen and oxygen atoms in total. The molecule has 2 aromatic rings. The van der Waals surface area contributed by atoms with Gasteiger partial charge >= 0.3 is 5.97 Å². The Morgan fingerprint density at radius 2 is 1.84 bits per heavy atom. The molecule has 0 amide bonds. The second-order valence-electron chi connectivity index (χ2n) is 7.03. The number of carboxylic acid groups (broad SMARTS) is 1. The third-order valence-corrected chi connectivity index (χ3v) is 4.90. The molecule has 31 heavy (non-hydrogen) atoms. The number of rotatable bonds is 10. The number of aryl methyl sites for hydroxylation is 1. The summed E-state index contributed by atoms with van der Waals surface area (Å²) in [6, 6.07) is 8.38. The van der Waals surface area contributed by atoms with Crippen LogP contribution in [0.3, 0.4) is 0 Å². The van der Waals surface area contributed by atoms with Gasteiger partial charge < -0.3 is 29.8 Å². The Bertz CT molecular complexity index is 1000. The Kier molecular flexibility index (Phi) is 7.15. The summed E-state index contributed by atoms with van der Waals surface area (Å²) in [5, 5.41) is 8.79. The molecule has 0 aliphatic carbocycles. The van der Waals surface area contributed by atoms with Gasteiger partial charge in [0.2, 0.25) is 12.5 Å². The Labute approximate surface area is 180 Å². The largest absolute Gasteiger partial charge is 0.496 e. The number of ether oxygens (including phenoxy) is 4. The van der Waals surface area contributed by atoms with Crippen LogP contribution in [-0.4, -0.2) is 43.9 Å². The highest BCUT2D eigenvalue weighted by molar-refractivity contribution is 5.87. The zero-order valence-electron chi connectivity index (χ0n) is 17.4. The van der Waals surface area contributed by atoms with Crippen LogP contribution in [0.5, 0.6) is 23.0 Å². The first-order chi connectivity index (χ1) is 14.9. The van der Waals surface area contributed by atoms with Crippen LogP contribution in [0.4, 0.5) is 0 Å². The molecule has 0 spiro atoms. The second-order valence-corrected chi connectivity index (χ2v) is 7.03. The Morgan fingerprint density at radius 3 is 2.55 bits per heavy atom. The third kappa shape index (κ3) is 5.55. The molecule has 3 rings (SSSR count). The number of nitrogens with two attached hydrogens (primary N) is 1. The van der Waals surface area contributed by atoms with Gasteiger partial charge in [-0.2, -0.15) is 0 Å². The molecule has 0 radical (unpaired) electrons. The van der Waals surface area contributed by atoms with Crippen molar-refractivity contribution in [2.24, 2.45) is 5.73 Å². The van der Waals surface area contributed by atoms with Crippen LogP contribution < -0.4 is 24.7 Å². The number of aliphatic carboxylic acids is 1. The fraction of sp³-hybridized carbons (Fsp3) is 0.304. The quantitative estimate of drug-likeness (QED) is 0.556. The van der Waals surface area contributed by atoms with E-state index in [2.05, 4.69) is 0 Å². The maximum absolute atomic E-state index is 12.1. The van der Waals surface area contributed by atoms with Gasteiger partial charge in [0.15, 0.2) is 11.5 Å². The lowest BCUT2D eigenvalue weighted by molar-refractivity contribution is -0.139. The van der Waals surface area contributed by atoms with Gasteiger partial charge in [0.1, 0.15) is 11.5 Å². The maximum atomic E-state index is 12.1. The molecule has 164 valence electrons. The number of fused-ring (bicyclic) bond motifs is 1. The van der Waals surface area contributed by atoms with Crippen LogP contribution in [0.2, 0.25) is 0 Å². The molecule has 0 fully saturated rings. The van der Waals surface area contributed by atoms with Crippen molar-refractivity contribution in [2.75, 3.05) is 21.0 Å². The monoisotopic (exact) mass is 427 g/mol. The Balaban J connectivity index is 1.74. The Morgan fingerprint density at radius 1 is 1.10 bits per heavy atom. The molecule has 0 saturated heterocycles. The highest BCUT2D eigenvalue weighted by Crippen LogP contribution is 2.42. The van der Waals surface area contributed by atoms with Crippen LogP contribution in [0, 0.1) is 0 Å². The molecule has 1 atom stereocenters. The van der Waals surface area contributed by atoms with Crippen molar-refractivity contribution in [2.45, 2.75) is 25.3 Å². The summed E-state index contributed by atoms with van der Waals surface area (Å²) < 4.78 is 21.6. The molecule has 1 heterocycles. The summed E-state index contributed by atoms with van der Waals surface area (Å²) in [6.07, 6.45) is 4.01. The predicted octanol–water partition coefficient (Wildman–Crippen LogP) is 2.91. The van der Waals surface area contributed by atoms with Gasteiger partial charge in [-0.05, 0) is 47.4 Å². The average Bonchev–Trinajstić information content (AvgIpc) is 3.23. The number of benzene rings is 2. The molecule has 0 saturated carbocycles. The minimum Gasteiger partial charge on any atom is -0.496 e. The SMILES string of the molecule is COc1ccc(/C=C\c2cc(OC)c3c(c2)OCO3)cc1CCC(=O)[C@@H](N)CC(=O)O. The highest BCUT2D eigenvalue weighted by atomic mass is 16.7. The van der Waals surface area contributed by atoms with E-state index in [1.54, 1.807) is 14.2 Å². The van der Waals surface area contributed by atoms with Crippen molar-refractivity contribution in [3.63, 3.8) is 0 Å². The first-order valence-corrected chi connectivity index (χ1v) is 9.74. The summed E-state index contributed by atoms with van der Waals surface area (Å²) in [4.78, 5) is 22.9. The number of carbonyl (C=O) groups excluding carboxylic acids is 1. The average molecular weight is 427 g/mol. The van der Waals surface area contributed by atoms with E-state index in [-0.39, 0.29) is 25.4 Å². The van der Waals surface area contributed by atoms with Gasteiger partial charge in [0.25, 0.3) is 0 Å². The normalized spacial score (nSPS) is 13.3.